The van der Waals surface area contributed by atoms with Crippen molar-refractivity contribution in [3.8, 4) is 11.8 Å². The maximum atomic E-state index is 12.1. The summed E-state index contributed by atoms with van der Waals surface area (Å²) in [4.78, 5) is 16.5. The summed E-state index contributed by atoms with van der Waals surface area (Å²) >= 11 is 1.59. The Morgan fingerprint density at radius 1 is 1.52 bits per heavy atom. The van der Waals surface area contributed by atoms with Gasteiger partial charge >= 0.3 is 0 Å². The van der Waals surface area contributed by atoms with E-state index in [2.05, 4.69) is 10.3 Å². The molecular weight excluding hydrogens is 286 g/mol. The van der Waals surface area contributed by atoms with E-state index in [1.54, 1.807) is 29.5 Å². The lowest BCUT2D eigenvalue weighted by molar-refractivity contribution is 0.0951. The van der Waals surface area contributed by atoms with Crippen molar-refractivity contribution in [1.29, 1.82) is 5.26 Å². The van der Waals surface area contributed by atoms with Gasteiger partial charge in [0, 0.05) is 24.0 Å². The van der Waals surface area contributed by atoms with E-state index < -0.39 is 0 Å². The molecule has 1 aromatic carbocycles. The zero-order valence-electron chi connectivity index (χ0n) is 11.8. The van der Waals surface area contributed by atoms with E-state index in [0.29, 0.717) is 29.8 Å². The molecule has 0 aliphatic heterocycles. The molecule has 1 heterocycles. The molecule has 108 valence electrons. The highest BCUT2D eigenvalue weighted by Crippen LogP contribution is 2.19. The van der Waals surface area contributed by atoms with Gasteiger partial charge in [0.1, 0.15) is 5.75 Å². The number of nitriles is 1. The maximum absolute atomic E-state index is 12.1. The summed E-state index contributed by atoms with van der Waals surface area (Å²) in [5, 5.41) is 14.7. The number of amides is 1. The van der Waals surface area contributed by atoms with E-state index >= 15 is 0 Å². The number of methoxy groups -OCH3 is 1. The second-order valence-corrected chi connectivity index (χ2v) is 5.36. The van der Waals surface area contributed by atoms with Crippen LogP contribution in [-0.2, 0) is 6.42 Å². The van der Waals surface area contributed by atoms with Crippen LogP contribution in [0.2, 0.25) is 0 Å². The summed E-state index contributed by atoms with van der Waals surface area (Å²) in [6.45, 7) is 2.45. The number of benzene rings is 1. The van der Waals surface area contributed by atoms with Crippen molar-refractivity contribution >= 4 is 17.2 Å². The van der Waals surface area contributed by atoms with E-state index in [-0.39, 0.29) is 5.91 Å². The highest BCUT2D eigenvalue weighted by atomic mass is 32.1. The Hall–Kier alpha value is -2.39. The third-order valence-corrected chi connectivity index (χ3v) is 3.89. The molecule has 0 saturated heterocycles. The third-order valence-electron chi connectivity index (χ3n) is 2.87. The Labute approximate surface area is 127 Å². The highest BCUT2D eigenvalue weighted by Gasteiger charge is 2.12. The molecule has 0 radical (unpaired) electrons. The van der Waals surface area contributed by atoms with E-state index in [9.17, 15) is 4.79 Å². The first-order valence-corrected chi connectivity index (χ1v) is 7.29. The van der Waals surface area contributed by atoms with Crippen molar-refractivity contribution in [3.05, 3.63) is 45.4 Å². The van der Waals surface area contributed by atoms with E-state index in [4.69, 9.17) is 10.00 Å². The second kappa shape index (κ2) is 6.86. The molecule has 0 unspecified atom stereocenters. The molecule has 2 rings (SSSR count). The quantitative estimate of drug-likeness (QED) is 0.919. The van der Waals surface area contributed by atoms with Crippen LogP contribution in [0.1, 0.15) is 26.6 Å². The highest BCUT2D eigenvalue weighted by molar-refractivity contribution is 7.09. The topological polar surface area (TPSA) is 75.0 Å². The van der Waals surface area contributed by atoms with Crippen LogP contribution in [0.25, 0.3) is 0 Å². The molecule has 1 amide bonds. The van der Waals surface area contributed by atoms with Gasteiger partial charge in [-0.3, -0.25) is 4.79 Å². The van der Waals surface area contributed by atoms with Crippen molar-refractivity contribution in [2.24, 2.45) is 0 Å². The zero-order valence-corrected chi connectivity index (χ0v) is 12.7. The summed E-state index contributed by atoms with van der Waals surface area (Å²) in [7, 11) is 1.48. The summed E-state index contributed by atoms with van der Waals surface area (Å²) in [6, 6.07) is 6.77. The van der Waals surface area contributed by atoms with Gasteiger partial charge in [-0.05, 0) is 25.1 Å². The van der Waals surface area contributed by atoms with Gasteiger partial charge in [-0.15, -0.1) is 11.3 Å². The van der Waals surface area contributed by atoms with Gasteiger partial charge in [0.05, 0.1) is 29.3 Å². The molecule has 0 spiro atoms. The molecule has 2 aromatic rings. The number of carbonyl (C=O) groups excluding carboxylic acids is 1. The van der Waals surface area contributed by atoms with Crippen LogP contribution in [0.5, 0.6) is 5.75 Å². The minimum Gasteiger partial charge on any atom is -0.496 e. The van der Waals surface area contributed by atoms with Crippen molar-refractivity contribution in [2.75, 3.05) is 13.7 Å². The zero-order chi connectivity index (χ0) is 15.2. The van der Waals surface area contributed by atoms with Crippen LogP contribution in [0.15, 0.2) is 23.6 Å². The third kappa shape index (κ3) is 3.80. The molecule has 0 atom stereocenters. The molecule has 0 aliphatic carbocycles. The number of ether oxygens (including phenoxy) is 1. The average molecular weight is 301 g/mol. The van der Waals surface area contributed by atoms with Gasteiger partial charge in [0.2, 0.25) is 0 Å². The molecule has 5 nitrogen and oxygen atoms in total. The fourth-order valence-electron chi connectivity index (χ4n) is 1.84. The monoisotopic (exact) mass is 301 g/mol. The molecule has 0 saturated carbocycles. The average Bonchev–Trinajstić information content (AvgIpc) is 2.91. The van der Waals surface area contributed by atoms with Crippen LogP contribution < -0.4 is 10.1 Å². The van der Waals surface area contributed by atoms with Crippen LogP contribution in [0.4, 0.5) is 0 Å². The van der Waals surface area contributed by atoms with Crippen molar-refractivity contribution < 1.29 is 9.53 Å². The number of hydrogen-bond acceptors (Lipinski definition) is 5. The number of carbonyl (C=O) groups is 1. The Kier molecular flexibility index (Phi) is 4.90. The van der Waals surface area contributed by atoms with Gasteiger partial charge in [0.15, 0.2) is 0 Å². The fourth-order valence-corrected chi connectivity index (χ4v) is 2.62. The van der Waals surface area contributed by atoms with Gasteiger partial charge < -0.3 is 10.1 Å². The number of nitrogens with zero attached hydrogens (tertiary/aromatic N) is 2. The summed E-state index contributed by atoms with van der Waals surface area (Å²) < 4.78 is 5.15. The number of hydrogen-bond donors (Lipinski definition) is 1. The molecular formula is C15H15N3O2S. The summed E-state index contributed by atoms with van der Waals surface area (Å²) in [6.07, 6.45) is 0.697. The predicted octanol–water partition coefficient (Wildman–Crippen LogP) is 2.30. The van der Waals surface area contributed by atoms with Crippen LogP contribution in [0, 0.1) is 18.3 Å². The molecule has 1 N–H and O–H groups in total. The standard InChI is InChI=1S/C15H15N3O2S/c1-10-9-21-14(18-10)5-6-17-15(19)12-4-3-11(8-16)7-13(12)20-2/h3-4,7,9H,5-6H2,1-2H3,(H,17,19). The Balaban J connectivity index is 1.98. The van der Waals surface area contributed by atoms with Crippen LogP contribution in [-0.4, -0.2) is 24.5 Å². The smallest absolute Gasteiger partial charge is 0.255 e. The fraction of sp³-hybridized carbons (Fsp3) is 0.267. The second-order valence-electron chi connectivity index (χ2n) is 4.42. The molecule has 1 aromatic heterocycles. The van der Waals surface area contributed by atoms with Crippen molar-refractivity contribution in [3.63, 3.8) is 0 Å². The van der Waals surface area contributed by atoms with Crippen molar-refractivity contribution in [2.45, 2.75) is 13.3 Å². The molecule has 6 heteroatoms. The lowest BCUT2D eigenvalue weighted by atomic mass is 10.1. The van der Waals surface area contributed by atoms with Crippen LogP contribution >= 0.6 is 11.3 Å². The lowest BCUT2D eigenvalue weighted by Crippen LogP contribution is -2.26. The van der Waals surface area contributed by atoms with Gasteiger partial charge in [-0.25, -0.2) is 4.98 Å². The first-order valence-electron chi connectivity index (χ1n) is 6.41. The molecule has 21 heavy (non-hydrogen) atoms. The van der Waals surface area contributed by atoms with Gasteiger partial charge in [-0.2, -0.15) is 5.26 Å². The Morgan fingerprint density at radius 3 is 2.95 bits per heavy atom. The van der Waals surface area contributed by atoms with Gasteiger partial charge in [0.25, 0.3) is 5.91 Å². The van der Waals surface area contributed by atoms with Crippen molar-refractivity contribution in [1.82, 2.24) is 10.3 Å². The minimum atomic E-state index is -0.218. The largest absolute Gasteiger partial charge is 0.496 e. The molecule has 0 fully saturated rings. The van der Waals surface area contributed by atoms with Gasteiger partial charge in [-0.1, -0.05) is 0 Å². The van der Waals surface area contributed by atoms with E-state index in [1.807, 2.05) is 18.4 Å². The van der Waals surface area contributed by atoms with E-state index in [0.717, 1.165) is 10.7 Å². The minimum absolute atomic E-state index is 0.218. The first-order chi connectivity index (χ1) is 10.1. The number of aryl methyl sites for hydroxylation is 1. The maximum Gasteiger partial charge on any atom is 0.255 e. The Morgan fingerprint density at radius 2 is 2.33 bits per heavy atom. The first kappa shape index (κ1) is 15.0. The number of aromatic nitrogens is 1. The number of rotatable bonds is 5. The SMILES string of the molecule is COc1cc(C#N)ccc1C(=O)NCCc1nc(C)cs1. The summed E-state index contributed by atoms with van der Waals surface area (Å²) in [5.41, 5.74) is 1.88. The Bertz CT molecular complexity index is 688. The lowest BCUT2D eigenvalue weighted by Gasteiger charge is -2.09. The molecule has 0 aliphatic rings. The number of thiazole rings is 1. The van der Waals surface area contributed by atoms with Crippen LogP contribution in [0.3, 0.4) is 0 Å². The summed E-state index contributed by atoms with van der Waals surface area (Å²) in [5.74, 6) is 0.182. The molecule has 0 bridgehead atoms. The van der Waals surface area contributed by atoms with E-state index in [1.165, 1.54) is 7.11 Å². The normalized spacial score (nSPS) is 9.95. The number of nitrogens with one attached hydrogen (secondary N) is 1. The predicted molar refractivity (Wildman–Crippen MR) is 80.6 cm³/mol.